The third-order valence-electron chi connectivity index (χ3n) is 3.65. The molecular weight excluding hydrogens is 259 g/mol. The average molecular weight is 274 g/mol. The van der Waals surface area contributed by atoms with Gasteiger partial charge < -0.3 is 15.5 Å². The van der Waals surface area contributed by atoms with Gasteiger partial charge in [0.1, 0.15) is 5.82 Å². The highest BCUT2D eigenvalue weighted by atomic mass is 19.1. The summed E-state index contributed by atoms with van der Waals surface area (Å²) in [5.74, 6) is -0.757. The van der Waals surface area contributed by atoms with Crippen molar-refractivity contribution < 1.29 is 9.60 Å². The van der Waals surface area contributed by atoms with E-state index in [1.54, 1.807) is 18.5 Å². The maximum atomic E-state index is 14.0. The summed E-state index contributed by atoms with van der Waals surface area (Å²) in [6, 6.07) is 4.64. The minimum absolute atomic E-state index is 0.0979. The minimum Gasteiger partial charge on any atom is -0.409 e. The fourth-order valence-electron chi connectivity index (χ4n) is 2.69. The zero-order chi connectivity index (χ0) is 14.1. The maximum Gasteiger partial charge on any atom is 0.175 e. The molecule has 0 aliphatic heterocycles. The molecule has 104 valence electrons. The third-order valence-corrected chi connectivity index (χ3v) is 3.65. The molecule has 0 atom stereocenters. The van der Waals surface area contributed by atoms with Crippen LogP contribution in [0.2, 0.25) is 0 Å². The van der Waals surface area contributed by atoms with Crippen molar-refractivity contribution in [2.75, 3.05) is 0 Å². The molecule has 6 heteroatoms. The van der Waals surface area contributed by atoms with Gasteiger partial charge in [0.2, 0.25) is 0 Å². The molecule has 1 aromatic heterocycles. The molecule has 0 fully saturated rings. The van der Waals surface area contributed by atoms with Crippen LogP contribution in [0.3, 0.4) is 0 Å². The number of nitrogens with zero attached hydrogens (tertiary/aromatic N) is 3. The molecular formula is C14H15FN4O. The number of hydrogen-bond acceptors (Lipinski definition) is 3. The number of fused-ring (bicyclic) bond motifs is 1. The standard InChI is InChI=1S/C14H15FN4O/c15-9-4-3-7-12(13(9)14(16)18-20)19-8-17-10-5-1-2-6-11(10)19/h3-4,7-8,20H,1-2,5-6H2,(H2,16,18). The van der Waals surface area contributed by atoms with Crippen LogP contribution in [0.15, 0.2) is 29.7 Å². The Morgan fingerprint density at radius 2 is 2.15 bits per heavy atom. The van der Waals surface area contributed by atoms with Crippen LogP contribution in [0.4, 0.5) is 4.39 Å². The largest absolute Gasteiger partial charge is 0.409 e. The smallest absolute Gasteiger partial charge is 0.175 e. The number of amidine groups is 1. The maximum absolute atomic E-state index is 14.0. The van der Waals surface area contributed by atoms with Crippen LogP contribution in [0.1, 0.15) is 29.8 Å². The lowest BCUT2D eigenvalue weighted by molar-refractivity contribution is 0.318. The fourth-order valence-corrected chi connectivity index (χ4v) is 2.69. The van der Waals surface area contributed by atoms with E-state index in [1.165, 1.54) is 6.07 Å². The van der Waals surface area contributed by atoms with Gasteiger partial charge in [-0.05, 0) is 37.8 Å². The van der Waals surface area contributed by atoms with E-state index in [-0.39, 0.29) is 11.4 Å². The summed E-state index contributed by atoms with van der Waals surface area (Å²) in [4.78, 5) is 4.39. The van der Waals surface area contributed by atoms with E-state index in [0.29, 0.717) is 5.69 Å². The molecule has 5 nitrogen and oxygen atoms in total. The molecule has 0 unspecified atom stereocenters. The number of nitrogens with two attached hydrogens (primary N) is 1. The van der Waals surface area contributed by atoms with Gasteiger partial charge in [0.15, 0.2) is 5.84 Å². The molecule has 2 aromatic rings. The molecule has 3 N–H and O–H groups in total. The lowest BCUT2D eigenvalue weighted by atomic mass is 10.0. The topological polar surface area (TPSA) is 76.4 Å². The molecule has 0 amide bonds. The highest BCUT2D eigenvalue weighted by Crippen LogP contribution is 2.25. The summed E-state index contributed by atoms with van der Waals surface area (Å²) in [7, 11) is 0. The monoisotopic (exact) mass is 274 g/mol. The van der Waals surface area contributed by atoms with Crippen LogP contribution in [0.5, 0.6) is 0 Å². The van der Waals surface area contributed by atoms with Gasteiger partial charge in [-0.1, -0.05) is 11.2 Å². The Bertz CT molecular complexity index is 678. The van der Waals surface area contributed by atoms with Gasteiger partial charge in [-0.25, -0.2) is 9.37 Å². The van der Waals surface area contributed by atoms with Crippen LogP contribution in [-0.2, 0) is 12.8 Å². The van der Waals surface area contributed by atoms with Crippen LogP contribution >= 0.6 is 0 Å². The second kappa shape index (κ2) is 4.96. The number of imidazole rings is 1. The first-order valence-electron chi connectivity index (χ1n) is 6.54. The van der Waals surface area contributed by atoms with Crippen LogP contribution in [0.25, 0.3) is 5.69 Å². The van der Waals surface area contributed by atoms with Gasteiger partial charge in [-0.15, -0.1) is 0 Å². The van der Waals surface area contributed by atoms with Crippen LogP contribution in [0, 0.1) is 5.82 Å². The van der Waals surface area contributed by atoms with E-state index in [0.717, 1.165) is 37.1 Å². The summed E-state index contributed by atoms with van der Waals surface area (Å²) in [5.41, 5.74) is 8.38. The quantitative estimate of drug-likeness (QED) is 0.380. The Labute approximate surface area is 115 Å². The highest BCUT2D eigenvalue weighted by Gasteiger charge is 2.20. The lowest BCUT2D eigenvalue weighted by Gasteiger charge is -2.16. The zero-order valence-electron chi connectivity index (χ0n) is 10.9. The summed E-state index contributed by atoms with van der Waals surface area (Å²) >= 11 is 0. The van der Waals surface area contributed by atoms with Gasteiger partial charge >= 0.3 is 0 Å². The molecule has 20 heavy (non-hydrogen) atoms. The second-order valence-electron chi connectivity index (χ2n) is 4.83. The number of benzene rings is 1. The number of oxime groups is 1. The van der Waals surface area contributed by atoms with E-state index < -0.39 is 5.82 Å². The van der Waals surface area contributed by atoms with E-state index in [4.69, 9.17) is 10.9 Å². The van der Waals surface area contributed by atoms with Crippen molar-refractivity contribution in [1.82, 2.24) is 9.55 Å². The molecule has 0 saturated heterocycles. The predicted octanol–water partition coefficient (Wildman–Crippen LogP) is 1.98. The lowest BCUT2D eigenvalue weighted by Crippen LogP contribution is -2.19. The van der Waals surface area contributed by atoms with Gasteiger partial charge in [-0.3, -0.25) is 0 Å². The van der Waals surface area contributed by atoms with Crippen molar-refractivity contribution in [3.05, 3.63) is 47.3 Å². The Hall–Kier alpha value is -2.37. The first-order valence-corrected chi connectivity index (χ1v) is 6.54. The third kappa shape index (κ3) is 1.93. The molecule has 1 aliphatic carbocycles. The predicted molar refractivity (Wildman–Crippen MR) is 72.7 cm³/mol. The summed E-state index contributed by atoms with van der Waals surface area (Å²) < 4.78 is 15.8. The van der Waals surface area contributed by atoms with Gasteiger partial charge in [0.25, 0.3) is 0 Å². The number of aromatic nitrogens is 2. The normalized spacial score (nSPS) is 15.2. The number of hydrogen-bond donors (Lipinski definition) is 2. The highest BCUT2D eigenvalue weighted by molar-refractivity contribution is 6.00. The van der Waals surface area contributed by atoms with E-state index in [2.05, 4.69) is 10.1 Å². The summed E-state index contributed by atoms with van der Waals surface area (Å²) in [5, 5.41) is 11.8. The van der Waals surface area contributed by atoms with Gasteiger partial charge in [0, 0.05) is 5.69 Å². The number of rotatable bonds is 2. The van der Waals surface area contributed by atoms with Crippen molar-refractivity contribution in [3.63, 3.8) is 0 Å². The Balaban J connectivity index is 2.20. The summed E-state index contributed by atoms with van der Waals surface area (Å²) in [6.07, 6.45) is 5.74. The number of aryl methyl sites for hydroxylation is 1. The molecule has 1 aromatic carbocycles. The molecule has 3 rings (SSSR count). The van der Waals surface area contributed by atoms with Crippen LogP contribution < -0.4 is 5.73 Å². The Morgan fingerprint density at radius 1 is 1.35 bits per heavy atom. The fraction of sp³-hybridized carbons (Fsp3) is 0.286. The van der Waals surface area contributed by atoms with E-state index in [1.807, 2.05) is 4.57 Å². The van der Waals surface area contributed by atoms with Crippen molar-refractivity contribution in [2.45, 2.75) is 25.7 Å². The average Bonchev–Trinajstić information content (AvgIpc) is 2.90. The van der Waals surface area contributed by atoms with Crippen molar-refractivity contribution in [1.29, 1.82) is 0 Å². The minimum atomic E-state index is -0.518. The molecule has 1 aliphatic rings. The molecule has 0 saturated carbocycles. The number of halogens is 1. The zero-order valence-corrected chi connectivity index (χ0v) is 10.9. The molecule has 0 spiro atoms. The summed E-state index contributed by atoms with van der Waals surface area (Å²) in [6.45, 7) is 0. The molecule has 1 heterocycles. The van der Waals surface area contributed by atoms with Crippen LogP contribution in [-0.4, -0.2) is 20.6 Å². The second-order valence-corrected chi connectivity index (χ2v) is 4.83. The Kier molecular flexibility index (Phi) is 3.14. The van der Waals surface area contributed by atoms with E-state index >= 15 is 0 Å². The van der Waals surface area contributed by atoms with Gasteiger partial charge in [-0.2, -0.15) is 0 Å². The van der Waals surface area contributed by atoms with Crippen molar-refractivity contribution in [3.8, 4) is 5.69 Å². The van der Waals surface area contributed by atoms with Crippen molar-refractivity contribution in [2.24, 2.45) is 10.9 Å². The first-order chi connectivity index (χ1) is 9.72. The molecule has 0 radical (unpaired) electrons. The molecule has 0 bridgehead atoms. The van der Waals surface area contributed by atoms with Crippen molar-refractivity contribution >= 4 is 5.84 Å². The van der Waals surface area contributed by atoms with E-state index in [9.17, 15) is 4.39 Å². The van der Waals surface area contributed by atoms with Gasteiger partial charge in [0.05, 0.1) is 23.3 Å². The SMILES string of the molecule is N/C(=N/O)c1c(F)cccc1-n1cnc2c1CCCC2. The Morgan fingerprint density at radius 3 is 2.95 bits per heavy atom. The first kappa shape index (κ1) is 12.7.